The number of rotatable bonds is 6. The Kier molecular flexibility index (Phi) is 7.73. The molecule has 0 bridgehead atoms. The van der Waals surface area contributed by atoms with E-state index in [1.54, 1.807) is 19.1 Å². The number of carbonyl (C=O) groups excluding carboxylic acids is 1. The van der Waals surface area contributed by atoms with Gasteiger partial charge in [0.05, 0.1) is 45.4 Å². The predicted octanol–water partition coefficient (Wildman–Crippen LogP) is 2.91. The topological polar surface area (TPSA) is 152 Å². The van der Waals surface area contributed by atoms with E-state index in [1.807, 2.05) is 12.1 Å². The second-order valence-corrected chi connectivity index (χ2v) is 13.6. The first-order chi connectivity index (χ1) is 20.8. The van der Waals surface area contributed by atoms with E-state index in [-0.39, 0.29) is 54.4 Å². The Morgan fingerprint density at radius 1 is 0.860 bits per heavy atom. The molecule has 2 aromatic rings. The van der Waals surface area contributed by atoms with Crippen molar-refractivity contribution in [2.75, 3.05) is 34.2 Å². The van der Waals surface area contributed by atoms with Crippen LogP contribution in [0.25, 0.3) is 0 Å². The maximum absolute atomic E-state index is 13.4. The standard InChI is InChI=1S/C29H32O12S2/c1-11-36-9-16-23(30)25(32)29(41-28(16)40-11)43-42-26-14-7-18-17(38-10-39-18)6-13(14)21(22-15(26)8-37-27(22)33)12-4-19(34-2)24(31)20(5-12)35-3/h4-7,11,15-16,21-23,25-26,28-32H,8-10H2,1-3H3/t11-,15-,16-,21+,22-,23-,25+,26+,28-,29-/m0/s1. The summed E-state index contributed by atoms with van der Waals surface area (Å²) < 4.78 is 45.4. The number of carbonyl (C=O) groups is 1. The maximum atomic E-state index is 13.4. The van der Waals surface area contributed by atoms with Gasteiger partial charge >= 0.3 is 5.97 Å². The third-order valence-corrected chi connectivity index (χ3v) is 11.8. The van der Waals surface area contributed by atoms with E-state index in [2.05, 4.69) is 0 Å². The molecule has 14 heteroatoms. The minimum Gasteiger partial charge on any atom is -0.502 e. The van der Waals surface area contributed by atoms with Crippen molar-refractivity contribution in [2.45, 2.75) is 48.3 Å². The van der Waals surface area contributed by atoms with Crippen molar-refractivity contribution >= 4 is 27.6 Å². The van der Waals surface area contributed by atoms with Gasteiger partial charge in [0.1, 0.15) is 11.5 Å². The molecule has 4 aliphatic heterocycles. The average molecular weight is 637 g/mol. The van der Waals surface area contributed by atoms with Crippen LogP contribution in [0.1, 0.15) is 34.8 Å². The molecular formula is C29H32O12S2. The lowest BCUT2D eigenvalue weighted by Gasteiger charge is -2.46. The molecule has 43 heavy (non-hydrogen) atoms. The highest BCUT2D eigenvalue weighted by atomic mass is 33.1. The lowest BCUT2D eigenvalue weighted by atomic mass is 9.67. The number of phenolic OH excluding ortho intramolecular Hbond substituents is 1. The van der Waals surface area contributed by atoms with Crippen LogP contribution in [0.4, 0.5) is 0 Å². The van der Waals surface area contributed by atoms with Crippen LogP contribution in [0.15, 0.2) is 24.3 Å². The Morgan fingerprint density at radius 2 is 1.56 bits per heavy atom. The summed E-state index contributed by atoms with van der Waals surface area (Å²) in [5, 5.41) is 32.1. The first kappa shape index (κ1) is 29.1. The zero-order chi connectivity index (χ0) is 30.0. The van der Waals surface area contributed by atoms with Crippen LogP contribution >= 0.6 is 21.6 Å². The zero-order valence-corrected chi connectivity index (χ0v) is 25.2. The van der Waals surface area contributed by atoms with Crippen LogP contribution in [-0.2, 0) is 23.7 Å². The molecular weight excluding hydrogens is 604 g/mol. The minimum absolute atomic E-state index is 0.0793. The second kappa shape index (κ2) is 11.4. The number of fused-ring (bicyclic) bond motifs is 4. The molecule has 0 unspecified atom stereocenters. The third-order valence-electron chi connectivity index (χ3n) is 8.77. The van der Waals surface area contributed by atoms with E-state index in [4.69, 9.17) is 37.9 Å². The monoisotopic (exact) mass is 636 g/mol. The van der Waals surface area contributed by atoms with Crippen molar-refractivity contribution in [1.29, 1.82) is 0 Å². The van der Waals surface area contributed by atoms with E-state index in [0.717, 1.165) is 11.1 Å². The van der Waals surface area contributed by atoms with Crippen LogP contribution in [0.5, 0.6) is 28.7 Å². The number of aliphatic hydroxyl groups excluding tert-OH is 2. The number of cyclic esters (lactones) is 1. The van der Waals surface area contributed by atoms with Crippen molar-refractivity contribution in [1.82, 2.24) is 0 Å². The fraction of sp³-hybridized carbons (Fsp3) is 0.552. The van der Waals surface area contributed by atoms with Gasteiger partial charge in [-0.15, -0.1) is 0 Å². The van der Waals surface area contributed by atoms with E-state index < -0.39 is 48.0 Å². The largest absolute Gasteiger partial charge is 0.502 e. The first-order valence-corrected chi connectivity index (χ1v) is 16.2. The van der Waals surface area contributed by atoms with Gasteiger partial charge < -0.3 is 53.2 Å². The van der Waals surface area contributed by atoms with E-state index in [9.17, 15) is 20.1 Å². The van der Waals surface area contributed by atoms with Crippen LogP contribution in [0.3, 0.4) is 0 Å². The fourth-order valence-corrected chi connectivity index (χ4v) is 9.86. The molecule has 0 aromatic heterocycles. The lowest BCUT2D eigenvalue weighted by Crippen LogP contribution is -2.58. The van der Waals surface area contributed by atoms with Gasteiger partial charge in [0.2, 0.25) is 12.5 Å². The fourth-order valence-electron chi connectivity index (χ4n) is 6.60. The van der Waals surface area contributed by atoms with Gasteiger partial charge in [-0.3, -0.25) is 4.79 Å². The molecule has 0 saturated carbocycles. The third kappa shape index (κ3) is 4.87. The van der Waals surface area contributed by atoms with Crippen LogP contribution in [0, 0.1) is 17.8 Å². The number of phenols is 1. The van der Waals surface area contributed by atoms with Crippen LogP contribution in [0.2, 0.25) is 0 Å². The average Bonchev–Trinajstić information content (AvgIpc) is 3.63. The highest BCUT2D eigenvalue weighted by Gasteiger charge is 2.54. The summed E-state index contributed by atoms with van der Waals surface area (Å²) in [7, 11) is 5.64. The summed E-state index contributed by atoms with van der Waals surface area (Å²) in [6, 6.07) is 7.25. The summed E-state index contributed by atoms with van der Waals surface area (Å²) >= 11 is 0. The molecule has 3 fully saturated rings. The summed E-state index contributed by atoms with van der Waals surface area (Å²) in [6.45, 7) is 2.24. The molecule has 1 aliphatic carbocycles. The Balaban J connectivity index is 1.26. The Bertz CT molecular complexity index is 1380. The van der Waals surface area contributed by atoms with Crippen molar-refractivity contribution in [2.24, 2.45) is 17.8 Å². The molecule has 7 rings (SSSR count). The summed E-state index contributed by atoms with van der Waals surface area (Å²) in [4.78, 5) is 13.4. The number of aliphatic hydroxyl groups is 2. The van der Waals surface area contributed by atoms with E-state index >= 15 is 0 Å². The van der Waals surface area contributed by atoms with Crippen LogP contribution in [-0.4, -0.2) is 85.7 Å². The molecule has 10 atom stereocenters. The number of hydrogen-bond acceptors (Lipinski definition) is 14. The summed E-state index contributed by atoms with van der Waals surface area (Å²) in [5.74, 6) is -0.681. The highest BCUT2D eigenvalue weighted by Crippen LogP contribution is 2.61. The number of aromatic hydroxyl groups is 1. The molecule has 3 N–H and O–H groups in total. The van der Waals surface area contributed by atoms with Crippen molar-refractivity contribution in [3.05, 3.63) is 41.0 Å². The normalized spacial score (nSPS) is 35.9. The van der Waals surface area contributed by atoms with Gasteiger partial charge in [-0.2, -0.15) is 0 Å². The molecule has 0 radical (unpaired) electrons. The molecule has 0 amide bonds. The number of methoxy groups -OCH3 is 2. The number of hydrogen-bond donors (Lipinski definition) is 3. The molecule has 3 saturated heterocycles. The molecule has 4 heterocycles. The number of esters is 1. The van der Waals surface area contributed by atoms with Gasteiger partial charge in [-0.05, 0) is 47.9 Å². The van der Waals surface area contributed by atoms with Crippen molar-refractivity contribution in [3.8, 4) is 28.7 Å². The van der Waals surface area contributed by atoms with Gasteiger partial charge in [0, 0.05) is 17.1 Å². The summed E-state index contributed by atoms with van der Waals surface area (Å²) in [5.41, 5.74) is 1.66. The lowest BCUT2D eigenvalue weighted by molar-refractivity contribution is -0.348. The summed E-state index contributed by atoms with van der Waals surface area (Å²) in [6.07, 6.45) is -3.49. The van der Waals surface area contributed by atoms with Crippen molar-refractivity contribution < 1.29 is 58.0 Å². The molecule has 0 spiro atoms. The molecule has 232 valence electrons. The number of ether oxygens (including phenoxy) is 8. The zero-order valence-electron chi connectivity index (χ0n) is 23.5. The van der Waals surface area contributed by atoms with Gasteiger partial charge in [0.15, 0.2) is 35.6 Å². The van der Waals surface area contributed by atoms with Crippen molar-refractivity contribution in [3.63, 3.8) is 0 Å². The van der Waals surface area contributed by atoms with Gasteiger partial charge in [-0.1, -0.05) is 21.6 Å². The second-order valence-electron chi connectivity index (χ2n) is 11.1. The molecule has 2 aromatic carbocycles. The predicted molar refractivity (Wildman–Crippen MR) is 152 cm³/mol. The van der Waals surface area contributed by atoms with E-state index in [1.165, 1.54) is 35.8 Å². The Morgan fingerprint density at radius 3 is 2.26 bits per heavy atom. The maximum Gasteiger partial charge on any atom is 0.310 e. The molecule has 5 aliphatic rings. The Labute approximate surface area is 255 Å². The first-order valence-electron chi connectivity index (χ1n) is 13.9. The van der Waals surface area contributed by atoms with Gasteiger partial charge in [0.25, 0.3) is 0 Å². The quantitative estimate of drug-likeness (QED) is 0.315. The number of benzene rings is 2. The van der Waals surface area contributed by atoms with E-state index in [0.29, 0.717) is 17.1 Å². The molecule has 12 nitrogen and oxygen atoms in total. The van der Waals surface area contributed by atoms with Crippen LogP contribution < -0.4 is 18.9 Å². The highest BCUT2D eigenvalue weighted by molar-refractivity contribution is 8.77. The SMILES string of the molecule is COc1cc([C@@H]2c3cc4c(cc3[C@@H](SS[C@@H]3O[C@@H]5O[C@@H](C)OC[C@H]5[C@H](O)[C@H]3O)[C@H]3COC(=O)[C@H]23)OCO4)cc(OC)c1O. The minimum atomic E-state index is -1.18. The van der Waals surface area contributed by atoms with Gasteiger partial charge in [-0.25, -0.2) is 0 Å². The smallest absolute Gasteiger partial charge is 0.310 e. The Hall–Kier alpha value is -2.59.